The van der Waals surface area contributed by atoms with Crippen molar-refractivity contribution in [2.45, 2.75) is 13.8 Å². The van der Waals surface area contributed by atoms with Crippen LogP contribution in [0, 0.1) is 17.2 Å². The molecule has 0 aliphatic rings. The zero-order chi connectivity index (χ0) is 21.8. The van der Waals surface area contributed by atoms with E-state index >= 15 is 0 Å². The highest BCUT2D eigenvalue weighted by atomic mass is 16.5. The van der Waals surface area contributed by atoms with Crippen LogP contribution in [-0.2, 0) is 4.79 Å². The second-order valence-electron chi connectivity index (χ2n) is 7.17. The van der Waals surface area contributed by atoms with Crippen molar-refractivity contribution in [2.24, 2.45) is 5.92 Å². The van der Waals surface area contributed by atoms with E-state index in [1.165, 1.54) is 17.2 Å². The molecule has 1 N–H and O–H groups in total. The van der Waals surface area contributed by atoms with Crippen LogP contribution in [-0.4, -0.2) is 45.6 Å². The number of ketones is 1. The normalized spacial score (nSPS) is 11.4. The molecular weight excluding hydrogens is 382 g/mol. The largest absolute Gasteiger partial charge is 0.437 e. The lowest BCUT2D eigenvalue weighted by Gasteiger charge is -2.09. The van der Waals surface area contributed by atoms with Crippen LogP contribution in [0.25, 0.3) is 17.2 Å². The van der Waals surface area contributed by atoms with Gasteiger partial charge in [-0.3, -0.25) is 9.59 Å². The van der Waals surface area contributed by atoms with E-state index in [4.69, 9.17) is 4.74 Å². The predicted molar refractivity (Wildman–Crippen MR) is 112 cm³/mol. The Labute approximate surface area is 173 Å². The first kappa shape index (κ1) is 20.7. The van der Waals surface area contributed by atoms with Gasteiger partial charge in [0.1, 0.15) is 22.9 Å². The molecule has 8 nitrogen and oxygen atoms in total. The number of carbonyl (C=O) groups is 2. The summed E-state index contributed by atoms with van der Waals surface area (Å²) in [5.74, 6) is 0.215. The number of Topliss-reactive ketones (excluding diaryl/α,β-unsaturated/α-hetero) is 1. The molecule has 152 valence electrons. The Balaban J connectivity index is 1.83. The number of fused-ring (bicyclic) bond motifs is 1. The van der Waals surface area contributed by atoms with Gasteiger partial charge in [0.25, 0.3) is 5.91 Å². The van der Waals surface area contributed by atoms with Crippen LogP contribution in [0.4, 0.5) is 0 Å². The Hall–Kier alpha value is -3.99. The Morgan fingerprint density at radius 2 is 1.93 bits per heavy atom. The van der Waals surface area contributed by atoms with E-state index in [1.807, 2.05) is 19.9 Å². The van der Waals surface area contributed by atoms with E-state index < -0.39 is 0 Å². The standard InChI is InChI=1S/C22H21N5O3/c1-13(2)20(28)17-11-24-21-19(17)26-18(12-25-21)30-16-7-5-14(6-8-16)9-15(10-23)22(29)27(3)4/h5-9,11-13H,1-4H3,(H,24,25)/b15-9+. The minimum Gasteiger partial charge on any atom is -0.437 e. The van der Waals surface area contributed by atoms with Crippen LogP contribution in [0.1, 0.15) is 29.8 Å². The average molecular weight is 403 g/mol. The number of nitrogens with one attached hydrogen (secondary N) is 1. The van der Waals surface area contributed by atoms with Gasteiger partial charge in [0.15, 0.2) is 11.4 Å². The first-order valence-corrected chi connectivity index (χ1v) is 9.30. The Kier molecular flexibility index (Phi) is 5.93. The smallest absolute Gasteiger partial charge is 0.264 e. The van der Waals surface area contributed by atoms with Crippen LogP contribution in [0.5, 0.6) is 11.6 Å². The van der Waals surface area contributed by atoms with Gasteiger partial charge < -0.3 is 14.6 Å². The molecule has 0 saturated carbocycles. The van der Waals surface area contributed by atoms with Crippen molar-refractivity contribution in [3.8, 4) is 17.7 Å². The quantitative estimate of drug-likeness (QED) is 0.382. The van der Waals surface area contributed by atoms with Crippen molar-refractivity contribution in [1.29, 1.82) is 5.26 Å². The van der Waals surface area contributed by atoms with Gasteiger partial charge in [0.05, 0.1) is 11.8 Å². The summed E-state index contributed by atoms with van der Waals surface area (Å²) in [5.41, 5.74) is 2.19. The van der Waals surface area contributed by atoms with Crippen molar-refractivity contribution in [2.75, 3.05) is 14.1 Å². The third kappa shape index (κ3) is 4.36. The number of nitrogens with zero attached hydrogens (tertiary/aromatic N) is 4. The number of amides is 1. The number of aromatic nitrogens is 3. The van der Waals surface area contributed by atoms with Gasteiger partial charge in [-0.05, 0) is 23.8 Å². The molecule has 0 bridgehead atoms. The third-order valence-corrected chi connectivity index (χ3v) is 4.32. The monoisotopic (exact) mass is 403 g/mol. The molecule has 3 aromatic rings. The number of hydrogen-bond acceptors (Lipinski definition) is 6. The maximum atomic E-state index is 12.3. The molecule has 0 radical (unpaired) electrons. The molecule has 0 aliphatic heterocycles. The summed E-state index contributed by atoms with van der Waals surface area (Å²) in [7, 11) is 3.18. The van der Waals surface area contributed by atoms with Gasteiger partial charge >= 0.3 is 0 Å². The summed E-state index contributed by atoms with van der Waals surface area (Å²) in [6.07, 6.45) is 4.60. The number of rotatable bonds is 6. The van der Waals surface area contributed by atoms with E-state index in [0.29, 0.717) is 28.0 Å². The number of benzene rings is 1. The Morgan fingerprint density at radius 3 is 2.53 bits per heavy atom. The number of H-pyrrole nitrogens is 1. The van der Waals surface area contributed by atoms with Crippen LogP contribution >= 0.6 is 0 Å². The van der Waals surface area contributed by atoms with E-state index in [0.717, 1.165) is 0 Å². The van der Waals surface area contributed by atoms with E-state index in [-0.39, 0.29) is 29.1 Å². The summed E-state index contributed by atoms with van der Waals surface area (Å²) in [5, 5.41) is 9.19. The second-order valence-corrected chi connectivity index (χ2v) is 7.17. The second kappa shape index (κ2) is 8.57. The lowest BCUT2D eigenvalue weighted by molar-refractivity contribution is -0.124. The van der Waals surface area contributed by atoms with Gasteiger partial charge in [-0.25, -0.2) is 9.97 Å². The molecule has 1 amide bonds. The van der Waals surface area contributed by atoms with E-state index in [9.17, 15) is 14.9 Å². The number of likely N-dealkylation sites (N-methyl/N-ethyl adjacent to an activating group) is 1. The maximum absolute atomic E-state index is 12.3. The highest BCUT2D eigenvalue weighted by Crippen LogP contribution is 2.24. The highest BCUT2D eigenvalue weighted by Gasteiger charge is 2.18. The molecule has 30 heavy (non-hydrogen) atoms. The zero-order valence-electron chi connectivity index (χ0n) is 17.1. The van der Waals surface area contributed by atoms with Crippen molar-refractivity contribution in [3.05, 3.63) is 53.4 Å². The van der Waals surface area contributed by atoms with Crippen LogP contribution < -0.4 is 4.74 Å². The van der Waals surface area contributed by atoms with Crippen molar-refractivity contribution >= 4 is 28.9 Å². The highest BCUT2D eigenvalue weighted by molar-refractivity contribution is 6.06. The molecule has 0 spiro atoms. The Morgan fingerprint density at radius 1 is 1.23 bits per heavy atom. The minimum atomic E-state index is -0.361. The summed E-state index contributed by atoms with van der Waals surface area (Å²) in [4.78, 5) is 37.3. The van der Waals surface area contributed by atoms with Gasteiger partial charge in [-0.1, -0.05) is 26.0 Å². The maximum Gasteiger partial charge on any atom is 0.264 e. The Bertz CT molecular complexity index is 1170. The fourth-order valence-electron chi connectivity index (χ4n) is 2.73. The number of hydrogen-bond donors (Lipinski definition) is 1. The third-order valence-electron chi connectivity index (χ3n) is 4.32. The molecule has 3 rings (SSSR count). The first-order chi connectivity index (χ1) is 14.3. The van der Waals surface area contributed by atoms with Crippen LogP contribution in [0.3, 0.4) is 0 Å². The number of carbonyl (C=O) groups excluding carboxylic acids is 2. The molecule has 2 heterocycles. The number of ether oxygens (including phenoxy) is 1. The average Bonchev–Trinajstić information content (AvgIpc) is 3.15. The minimum absolute atomic E-state index is 0.0237. The fourth-order valence-corrected chi connectivity index (χ4v) is 2.73. The molecule has 0 fully saturated rings. The summed E-state index contributed by atoms with van der Waals surface area (Å²) in [6.45, 7) is 3.66. The van der Waals surface area contributed by atoms with E-state index in [2.05, 4.69) is 15.0 Å². The molecule has 0 saturated heterocycles. The van der Waals surface area contributed by atoms with Gasteiger partial charge in [0.2, 0.25) is 5.88 Å². The molecule has 0 atom stereocenters. The number of nitriles is 1. The molecule has 1 aromatic carbocycles. The van der Waals surface area contributed by atoms with E-state index in [1.54, 1.807) is 44.6 Å². The van der Waals surface area contributed by atoms with Crippen molar-refractivity contribution in [3.63, 3.8) is 0 Å². The fraction of sp³-hybridized carbons (Fsp3) is 0.227. The summed E-state index contributed by atoms with van der Waals surface area (Å²) in [6, 6.07) is 8.77. The molecular formula is C22H21N5O3. The predicted octanol–water partition coefficient (Wildman–Crippen LogP) is 3.58. The van der Waals surface area contributed by atoms with Gasteiger partial charge in [-0.15, -0.1) is 0 Å². The van der Waals surface area contributed by atoms with Crippen LogP contribution in [0.15, 0.2) is 42.2 Å². The lowest BCUT2D eigenvalue weighted by atomic mass is 10.0. The van der Waals surface area contributed by atoms with Gasteiger partial charge in [0, 0.05) is 26.2 Å². The molecule has 0 aliphatic carbocycles. The lowest BCUT2D eigenvalue weighted by Crippen LogP contribution is -2.22. The van der Waals surface area contributed by atoms with Crippen LogP contribution in [0.2, 0.25) is 0 Å². The number of aromatic amines is 1. The first-order valence-electron chi connectivity index (χ1n) is 9.30. The SMILES string of the molecule is CC(C)C(=O)c1c[nH]c2ncc(Oc3ccc(/C=C(\C#N)C(=O)N(C)C)cc3)nc12. The zero-order valence-corrected chi connectivity index (χ0v) is 17.1. The summed E-state index contributed by atoms with van der Waals surface area (Å²) < 4.78 is 5.76. The van der Waals surface area contributed by atoms with Crippen molar-refractivity contribution < 1.29 is 14.3 Å². The molecule has 8 heteroatoms. The topological polar surface area (TPSA) is 112 Å². The molecule has 0 unspecified atom stereocenters. The van der Waals surface area contributed by atoms with Crippen molar-refractivity contribution in [1.82, 2.24) is 19.9 Å². The molecule has 2 aromatic heterocycles. The van der Waals surface area contributed by atoms with Gasteiger partial charge in [-0.2, -0.15) is 5.26 Å². The summed E-state index contributed by atoms with van der Waals surface area (Å²) >= 11 is 0.